The SMILES string of the molecule is N[C@@H](Cc1ccc(O)cc1)C(=O)N1CCC(N2CCCCCC2)CC1. The number of rotatable bonds is 4. The number of phenolic OH excluding ortho intramolecular Hbond substituents is 1. The highest BCUT2D eigenvalue weighted by atomic mass is 16.3. The summed E-state index contributed by atoms with van der Waals surface area (Å²) >= 11 is 0. The summed E-state index contributed by atoms with van der Waals surface area (Å²) in [7, 11) is 0. The van der Waals surface area contributed by atoms with Crippen LogP contribution in [0.25, 0.3) is 0 Å². The van der Waals surface area contributed by atoms with Crippen molar-refractivity contribution in [3.05, 3.63) is 29.8 Å². The molecule has 1 amide bonds. The van der Waals surface area contributed by atoms with Crippen molar-refractivity contribution in [2.45, 2.75) is 57.0 Å². The maximum Gasteiger partial charge on any atom is 0.239 e. The first-order valence-electron chi connectivity index (χ1n) is 9.70. The smallest absolute Gasteiger partial charge is 0.239 e. The van der Waals surface area contributed by atoms with Gasteiger partial charge in [-0.05, 0) is 62.9 Å². The molecule has 138 valence electrons. The lowest BCUT2D eigenvalue weighted by Crippen LogP contribution is -2.51. The Morgan fingerprint density at radius 2 is 1.64 bits per heavy atom. The molecule has 0 aliphatic carbocycles. The zero-order chi connectivity index (χ0) is 17.6. The van der Waals surface area contributed by atoms with Gasteiger partial charge in [0.25, 0.3) is 0 Å². The zero-order valence-corrected chi connectivity index (χ0v) is 15.1. The van der Waals surface area contributed by atoms with E-state index in [1.54, 1.807) is 12.1 Å². The van der Waals surface area contributed by atoms with E-state index in [0.29, 0.717) is 12.5 Å². The summed E-state index contributed by atoms with van der Waals surface area (Å²) in [5.74, 6) is 0.293. The number of phenols is 1. The molecule has 2 heterocycles. The third-order valence-electron chi connectivity index (χ3n) is 5.64. The lowest BCUT2D eigenvalue weighted by Gasteiger charge is -2.39. The number of hydrogen-bond donors (Lipinski definition) is 2. The lowest BCUT2D eigenvalue weighted by molar-refractivity contribution is -0.134. The van der Waals surface area contributed by atoms with Gasteiger partial charge in [0.2, 0.25) is 5.91 Å². The average Bonchev–Trinajstić information content (AvgIpc) is 2.92. The number of piperidine rings is 1. The summed E-state index contributed by atoms with van der Waals surface area (Å²) in [5, 5.41) is 9.34. The molecule has 0 bridgehead atoms. The Hall–Kier alpha value is -1.59. The molecule has 3 rings (SSSR count). The predicted molar refractivity (Wildman–Crippen MR) is 99.4 cm³/mol. The molecule has 2 aliphatic heterocycles. The van der Waals surface area contributed by atoms with Gasteiger partial charge in [0, 0.05) is 19.1 Å². The van der Waals surface area contributed by atoms with Gasteiger partial charge in [0.1, 0.15) is 5.75 Å². The first-order valence-corrected chi connectivity index (χ1v) is 9.70. The van der Waals surface area contributed by atoms with Crippen molar-refractivity contribution >= 4 is 5.91 Å². The Bertz CT molecular complexity index is 545. The summed E-state index contributed by atoms with van der Waals surface area (Å²) < 4.78 is 0. The molecule has 1 atom stereocenters. The van der Waals surface area contributed by atoms with Crippen molar-refractivity contribution in [2.24, 2.45) is 5.73 Å². The van der Waals surface area contributed by atoms with Crippen LogP contribution < -0.4 is 5.73 Å². The van der Waals surface area contributed by atoms with Crippen molar-refractivity contribution in [3.63, 3.8) is 0 Å². The van der Waals surface area contributed by atoms with E-state index in [0.717, 1.165) is 31.5 Å². The fourth-order valence-corrected chi connectivity index (χ4v) is 4.12. The molecule has 2 aliphatic rings. The van der Waals surface area contributed by atoms with Gasteiger partial charge in [0.15, 0.2) is 0 Å². The zero-order valence-electron chi connectivity index (χ0n) is 15.1. The first-order chi connectivity index (χ1) is 12.1. The van der Waals surface area contributed by atoms with Gasteiger partial charge in [-0.25, -0.2) is 0 Å². The van der Waals surface area contributed by atoms with Crippen LogP contribution in [0.4, 0.5) is 0 Å². The topological polar surface area (TPSA) is 69.8 Å². The van der Waals surface area contributed by atoms with Gasteiger partial charge < -0.3 is 20.6 Å². The lowest BCUT2D eigenvalue weighted by atomic mass is 10.0. The van der Waals surface area contributed by atoms with Gasteiger partial charge in [-0.1, -0.05) is 25.0 Å². The largest absolute Gasteiger partial charge is 0.508 e. The molecule has 0 spiro atoms. The second-order valence-corrected chi connectivity index (χ2v) is 7.48. The van der Waals surface area contributed by atoms with Crippen LogP contribution in [0.2, 0.25) is 0 Å². The van der Waals surface area contributed by atoms with Crippen LogP contribution in [0, 0.1) is 0 Å². The maximum atomic E-state index is 12.6. The van der Waals surface area contributed by atoms with Gasteiger partial charge >= 0.3 is 0 Å². The molecule has 0 aromatic heterocycles. The van der Waals surface area contributed by atoms with E-state index in [2.05, 4.69) is 4.90 Å². The fourth-order valence-electron chi connectivity index (χ4n) is 4.12. The second-order valence-electron chi connectivity index (χ2n) is 7.48. The van der Waals surface area contributed by atoms with Crippen molar-refractivity contribution < 1.29 is 9.90 Å². The molecular formula is C20H31N3O2. The minimum Gasteiger partial charge on any atom is -0.508 e. The average molecular weight is 345 g/mol. The second kappa shape index (κ2) is 8.68. The maximum absolute atomic E-state index is 12.6. The molecular weight excluding hydrogens is 314 g/mol. The van der Waals surface area contributed by atoms with Crippen LogP contribution in [0.5, 0.6) is 5.75 Å². The Morgan fingerprint density at radius 1 is 1.04 bits per heavy atom. The predicted octanol–water partition coefficient (Wildman–Crippen LogP) is 2.13. The van der Waals surface area contributed by atoms with Gasteiger partial charge in [0.05, 0.1) is 6.04 Å². The number of carbonyl (C=O) groups excluding carboxylic acids is 1. The summed E-state index contributed by atoms with van der Waals surface area (Å²) in [5.41, 5.74) is 7.14. The van der Waals surface area contributed by atoms with Crippen molar-refractivity contribution in [1.29, 1.82) is 0 Å². The molecule has 2 fully saturated rings. The number of nitrogens with two attached hydrogens (primary N) is 1. The number of aromatic hydroxyl groups is 1. The summed E-state index contributed by atoms with van der Waals surface area (Å²) in [6, 6.07) is 7.07. The monoisotopic (exact) mass is 345 g/mol. The van der Waals surface area contributed by atoms with Gasteiger partial charge in [-0.3, -0.25) is 4.79 Å². The normalized spacial score (nSPS) is 21.7. The van der Waals surface area contributed by atoms with E-state index in [1.165, 1.54) is 38.8 Å². The van der Waals surface area contributed by atoms with Crippen molar-refractivity contribution in [2.75, 3.05) is 26.2 Å². The Kier molecular flexibility index (Phi) is 6.32. The molecule has 25 heavy (non-hydrogen) atoms. The van der Waals surface area contributed by atoms with Crippen LogP contribution in [0.1, 0.15) is 44.1 Å². The summed E-state index contributed by atoms with van der Waals surface area (Å²) in [6.45, 7) is 4.09. The van der Waals surface area contributed by atoms with Gasteiger partial charge in [-0.2, -0.15) is 0 Å². The molecule has 3 N–H and O–H groups in total. The number of amides is 1. The number of benzene rings is 1. The van der Waals surface area contributed by atoms with E-state index < -0.39 is 6.04 Å². The van der Waals surface area contributed by atoms with Crippen molar-refractivity contribution in [3.8, 4) is 5.75 Å². The molecule has 5 heteroatoms. The van der Waals surface area contributed by atoms with Gasteiger partial charge in [-0.15, -0.1) is 0 Å². The van der Waals surface area contributed by atoms with E-state index in [9.17, 15) is 9.90 Å². The highest BCUT2D eigenvalue weighted by molar-refractivity contribution is 5.82. The standard InChI is InChI=1S/C20H31N3O2/c21-19(15-16-5-7-18(24)8-6-16)20(25)23-13-9-17(10-14-23)22-11-3-1-2-4-12-22/h5-8,17,19,24H,1-4,9-15,21H2/t19-/m0/s1. The third kappa shape index (κ3) is 4.95. The minimum absolute atomic E-state index is 0.0578. The Labute approximate surface area is 150 Å². The quantitative estimate of drug-likeness (QED) is 0.877. The van der Waals surface area contributed by atoms with Crippen LogP contribution >= 0.6 is 0 Å². The third-order valence-corrected chi connectivity index (χ3v) is 5.64. The van der Waals surface area contributed by atoms with Crippen LogP contribution in [0.15, 0.2) is 24.3 Å². The molecule has 5 nitrogen and oxygen atoms in total. The van der Waals surface area contributed by atoms with Crippen LogP contribution in [-0.2, 0) is 11.2 Å². The fraction of sp³-hybridized carbons (Fsp3) is 0.650. The van der Waals surface area contributed by atoms with E-state index in [4.69, 9.17) is 5.73 Å². The summed E-state index contributed by atoms with van der Waals surface area (Å²) in [6.07, 6.45) is 8.01. The van der Waals surface area contributed by atoms with Crippen molar-refractivity contribution in [1.82, 2.24) is 9.80 Å². The Morgan fingerprint density at radius 3 is 2.24 bits per heavy atom. The molecule has 0 saturated carbocycles. The minimum atomic E-state index is -0.501. The van der Waals surface area contributed by atoms with Crippen LogP contribution in [0.3, 0.4) is 0 Å². The molecule has 1 aromatic rings. The number of nitrogens with zero attached hydrogens (tertiary/aromatic N) is 2. The Balaban J connectivity index is 1.48. The molecule has 1 aromatic carbocycles. The highest BCUT2D eigenvalue weighted by Crippen LogP contribution is 2.21. The highest BCUT2D eigenvalue weighted by Gasteiger charge is 2.29. The van der Waals surface area contributed by atoms with Crippen LogP contribution in [-0.4, -0.2) is 59.1 Å². The number of carbonyl (C=O) groups is 1. The number of likely N-dealkylation sites (tertiary alicyclic amines) is 2. The molecule has 0 unspecified atom stereocenters. The summed E-state index contributed by atoms with van der Waals surface area (Å²) in [4.78, 5) is 17.2. The number of hydrogen-bond acceptors (Lipinski definition) is 4. The van der Waals surface area contributed by atoms with E-state index in [1.807, 2.05) is 17.0 Å². The molecule has 0 radical (unpaired) electrons. The molecule has 2 saturated heterocycles. The van der Waals surface area contributed by atoms with E-state index >= 15 is 0 Å². The van der Waals surface area contributed by atoms with E-state index in [-0.39, 0.29) is 11.7 Å². The first kappa shape index (κ1) is 18.2.